The zero-order valence-electron chi connectivity index (χ0n) is 11.7. The topological polar surface area (TPSA) is 139 Å². The van der Waals surface area contributed by atoms with Gasteiger partial charge in [0.2, 0.25) is 0 Å². The lowest BCUT2D eigenvalue weighted by molar-refractivity contribution is 0.0467. The molecular weight excluding hydrogens is 320 g/mol. The van der Waals surface area contributed by atoms with Crippen LogP contribution in [0.4, 0.5) is 0 Å². The Balaban J connectivity index is 2.12. The summed E-state index contributed by atoms with van der Waals surface area (Å²) in [7, 11) is -10.7. The van der Waals surface area contributed by atoms with E-state index in [-0.39, 0.29) is 12.0 Å². The zero-order valence-corrected chi connectivity index (χ0v) is 13.5. The van der Waals surface area contributed by atoms with Crippen LogP contribution in [0.1, 0.15) is 38.5 Å². The second kappa shape index (κ2) is 6.02. The average Bonchev–Trinajstić information content (AvgIpc) is 2.36. The highest BCUT2D eigenvalue weighted by atomic mass is 31.2. The standard InChI is InChI=1S/C11H23NO7P2/c13-11(20(14,15)16,21(17,18)19)8-9-4-6-12-5-2-1-3-10(12)7-9/h9-10,13H,1-8H2,(H2,14,15,16)(H2,17,18,19). The van der Waals surface area contributed by atoms with Gasteiger partial charge in [-0.15, -0.1) is 0 Å². The molecule has 2 heterocycles. The predicted molar refractivity (Wildman–Crippen MR) is 75.6 cm³/mol. The lowest BCUT2D eigenvalue weighted by atomic mass is 9.84. The van der Waals surface area contributed by atoms with Crippen molar-refractivity contribution in [3.63, 3.8) is 0 Å². The van der Waals surface area contributed by atoms with Crippen LogP contribution in [0.2, 0.25) is 0 Å². The first kappa shape index (κ1) is 17.6. The maximum Gasteiger partial charge on any atom is 0.369 e. The molecule has 2 rings (SSSR count). The van der Waals surface area contributed by atoms with Crippen LogP contribution < -0.4 is 0 Å². The van der Waals surface area contributed by atoms with Crippen molar-refractivity contribution in [2.45, 2.75) is 49.6 Å². The van der Waals surface area contributed by atoms with Crippen molar-refractivity contribution in [1.29, 1.82) is 0 Å². The molecule has 0 aromatic rings. The molecule has 2 aliphatic heterocycles. The Bertz CT molecular complexity index is 451. The molecular formula is C11H23NO7P2. The third kappa shape index (κ3) is 3.59. The molecule has 0 aromatic heterocycles. The molecule has 5 N–H and O–H groups in total. The molecule has 8 nitrogen and oxygen atoms in total. The zero-order chi connectivity index (χ0) is 15.9. The Kier molecular flexibility index (Phi) is 5.04. The highest BCUT2D eigenvalue weighted by Crippen LogP contribution is 2.70. The molecule has 0 spiro atoms. The van der Waals surface area contributed by atoms with Gasteiger partial charge < -0.3 is 29.6 Å². The third-order valence-corrected chi connectivity index (χ3v) is 8.47. The lowest BCUT2D eigenvalue weighted by Crippen LogP contribution is -2.46. The van der Waals surface area contributed by atoms with Gasteiger partial charge in [-0.1, -0.05) is 6.42 Å². The van der Waals surface area contributed by atoms with Crippen molar-refractivity contribution >= 4 is 15.2 Å². The summed E-state index contributed by atoms with van der Waals surface area (Å²) in [4.78, 5) is 39.1. The lowest BCUT2D eigenvalue weighted by Gasteiger charge is -2.44. The van der Waals surface area contributed by atoms with Crippen molar-refractivity contribution < 1.29 is 33.8 Å². The van der Waals surface area contributed by atoms with Crippen LogP contribution in [-0.4, -0.2) is 53.8 Å². The largest absolute Gasteiger partial charge is 0.369 e. The summed E-state index contributed by atoms with van der Waals surface area (Å²) >= 11 is 0. The molecule has 2 atom stereocenters. The maximum atomic E-state index is 11.4. The summed E-state index contributed by atoms with van der Waals surface area (Å²) in [5.74, 6) is -0.297. The minimum atomic E-state index is -5.33. The quantitative estimate of drug-likeness (QED) is 0.469. The van der Waals surface area contributed by atoms with Gasteiger partial charge in [0.05, 0.1) is 0 Å². The van der Waals surface area contributed by atoms with Crippen LogP contribution in [0.3, 0.4) is 0 Å². The van der Waals surface area contributed by atoms with Crippen molar-refractivity contribution in [2.24, 2.45) is 5.92 Å². The van der Waals surface area contributed by atoms with E-state index in [0.717, 1.165) is 32.4 Å². The molecule has 0 aliphatic carbocycles. The molecule has 2 saturated heterocycles. The Hall–Kier alpha value is 0.220. The fourth-order valence-electron chi connectivity index (χ4n) is 3.45. The summed E-state index contributed by atoms with van der Waals surface area (Å²) < 4.78 is 22.8. The predicted octanol–water partition coefficient (Wildman–Crippen LogP) is 0.642. The van der Waals surface area contributed by atoms with Crippen LogP contribution in [0.5, 0.6) is 0 Å². The maximum absolute atomic E-state index is 11.4. The minimum Gasteiger partial charge on any atom is -0.368 e. The number of fused-ring (bicyclic) bond motifs is 1. The van der Waals surface area contributed by atoms with E-state index in [1.807, 2.05) is 0 Å². The number of piperidine rings is 2. The first-order chi connectivity index (χ1) is 9.54. The van der Waals surface area contributed by atoms with Gasteiger partial charge in [-0.05, 0) is 44.7 Å². The first-order valence-electron chi connectivity index (χ1n) is 7.12. The van der Waals surface area contributed by atoms with Gasteiger partial charge in [-0.25, -0.2) is 0 Å². The van der Waals surface area contributed by atoms with Gasteiger partial charge in [0, 0.05) is 12.5 Å². The van der Waals surface area contributed by atoms with Crippen molar-refractivity contribution in [2.75, 3.05) is 13.1 Å². The van der Waals surface area contributed by atoms with Crippen LogP contribution in [0.15, 0.2) is 0 Å². The van der Waals surface area contributed by atoms with E-state index in [1.165, 1.54) is 0 Å². The third-order valence-electron chi connectivity index (χ3n) is 4.67. The highest BCUT2D eigenvalue weighted by Gasteiger charge is 2.60. The molecule has 0 radical (unpaired) electrons. The molecule has 124 valence electrons. The van der Waals surface area contributed by atoms with Crippen molar-refractivity contribution in [3.05, 3.63) is 0 Å². The number of nitrogens with zero attached hydrogens (tertiary/aromatic N) is 1. The fraction of sp³-hybridized carbons (Fsp3) is 1.00. The van der Waals surface area contributed by atoms with Gasteiger partial charge in [0.25, 0.3) is 5.08 Å². The summed E-state index contributed by atoms with van der Waals surface area (Å²) in [6, 6.07) is 0.287. The molecule has 0 bridgehead atoms. The Morgan fingerprint density at radius 3 is 2.19 bits per heavy atom. The van der Waals surface area contributed by atoms with Crippen molar-refractivity contribution in [1.82, 2.24) is 4.90 Å². The minimum absolute atomic E-state index is 0.287. The van der Waals surface area contributed by atoms with Crippen LogP contribution in [0, 0.1) is 5.92 Å². The first-order valence-corrected chi connectivity index (χ1v) is 10.3. The van der Waals surface area contributed by atoms with Gasteiger partial charge in [-0.3, -0.25) is 9.13 Å². The molecule has 0 saturated carbocycles. The molecule has 2 fully saturated rings. The van der Waals surface area contributed by atoms with E-state index >= 15 is 0 Å². The van der Waals surface area contributed by atoms with E-state index in [1.54, 1.807) is 0 Å². The Morgan fingerprint density at radius 2 is 1.62 bits per heavy atom. The molecule has 10 heteroatoms. The number of rotatable bonds is 4. The van der Waals surface area contributed by atoms with Gasteiger partial charge in [0.1, 0.15) is 0 Å². The van der Waals surface area contributed by atoms with E-state index in [9.17, 15) is 33.8 Å². The number of hydrogen-bond donors (Lipinski definition) is 5. The molecule has 2 unspecified atom stereocenters. The summed E-state index contributed by atoms with van der Waals surface area (Å²) in [5, 5.41) is 6.73. The summed E-state index contributed by atoms with van der Waals surface area (Å²) in [6.07, 6.45) is 3.85. The molecule has 2 aliphatic rings. The summed E-state index contributed by atoms with van der Waals surface area (Å²) in [5.41, 5.74) is 0. The monoisotopic (exact) mass is 343 g/mol. The van der Waals surface area contributed by atoms with Crippen molar-refractivity contribution in [3.8, 4) is 0 Å². The van der Waals surface area contributed by atoms with Crippen LogP contribution in [0.25, 0.3) is 0 Å². The summed E-state index contributed by atoms with van der Waals surface area (Å²) in [6.45, 7) is 1.74. The number of aliphatic hydroxyl groups is 1. The van der Waals surface area contributed by atoms with E-state index < -0.39 is 26.7 Å². The average molecular weight is 343 g/mol. The van der Waals surface area contributed by atoms with Gasteiger partial charge in [-0.2, -0.15) is 0 Å². The highest BCUT2D eigenvalue weighted by molar-refractivity contribution is 7.72. The van der Waals surface area contributed by atoms with E-state index in [0.29, 0.717) is 12.8 Å². The second-order valence-electron chi connectivity index (χ2n) is 6.14. The smallest absolute Gasteiger partial charge is 0.368 e. The normalized spacial score (nSPS) is 29.2. The van der Waals surface area contributed by atoms with E-state index in [4.69, 9.17) is 0 Å². The number of hydrogen-bond acceptors (Lipinski definition) is 4. The fourth-order valence-corrected chi connectivity index (χ4v) is 5.80. The Morgan fingerprint density at radius 1 is 1.00 bits per heavy atom. The van der Waals surface area contributed by atoms with E-state index in [2.05, 4.69) is 4.90 Å². The Labute approximate surface area is 123 Å². The van der Waals surface area contributed by atoms with Gasteiger partial charge >= 0.3 is 15.2 Å². The van der Waals surface area contributed by atoms with Gasteiger partial charge in [0.15, 0.2) is 0 Å². The molecule has 0 aromatic carbocycles. The SMILES string of the molecule is O=P(O)(O)C(O)(CC1CCN2CCCCC2C1)P(=O)(O)O. The molecule has 0 amide bonds. The molecule has 21 heavy (non-hydrogen) atoms. The second-order valence-corrected chi connectivity index (χ2v) is 10.2. The van der Waals surface area contributed by atoms with Crippen LogP contribution in [-0.2, 0) is 9.13 Å². The van der Waals surface area contributed by atoms with Crippen LogP contribution >= 0.6 is 15.2 Å².